The van der Waals surface area contributed by atoms with Crippen molar-refractivity contribution in [3.8, 4) is 22.3 Å². The Hall–Kier alpha value is -7.51. The smallest absolute Gasteiger partial charge is 0.257 e. The average molecular weight is 825 g/mol. The van der Waals surface area contributed by atoms with E-state index in [2.05, 4.69) is 276 Å². The molecule has 2 aromatic heterocycles. The maximum atomic E-state index is 2.66. The molecule has 0 radical (unpaired) electrons. The molecule has 0 unspecified atom stereocenters. The predicted molar refractivity (Wildman–Crippen MR) is 267 cm³/mol. The molecule has 0 bridgehead atoms. The molecular weight excluding hydrogens is 781 g/mol. The molecule has 0 atom stereocenters. The molecule has 0 N–H and O–H groups in total. The molecule has 2 nitrogen and oxygen atoms in total. The number of rotatable bonds is 10. The summed E-state index contributed by atoms with van der Waals surface area (Å²) in [6, 6.07) is 94.4. The number of benzene rings is 9. The lowest BCUT2D eigenvalue weighted by molar-refractivity contribution is 1.24. The third-order valence-electron chi connectivity index (χ3n) is 12.8. The van der Waals surface area contributed by atoms with E-state index in [0.717, 1.165) is 0 Å². The van der Waals surface area contributed by atoms with E-state index in [-0.39, 0.29) is 0 Å². The topological polar surface area (TPSA) is 9.86 Å². The van der Waals surface area contributed by atoms with Gasteiger partial charge in [-0.25, -0.2) is 0 Å². The molecule has 294 valence electrons. The molecule has 0 spiro atoms. The van der Waals surface area contributed by atoms with Crippen molar-refractivity contribution >= 4 is 69.4 Å². The van der Waals surface area contributed by atoms with Crippen molar-refractivity contribution < 1.29 is 0 Å². The highest BCUT2D eigenvalue weighted by atomic mass is 28.3. The monoisotopic (exact) mass is 824 g/mol. The second kappa shape index (κ2) is 15.8. The molecule has 11 aromatic rings. The van der Waals surface area contributed by atoms with Crippen LogP contribution < -0.4 is 31.1 Å². The average Bonchev–Trinajstić information content (AvgIpc) is 3.95. The fourth-order valence-corrected chi connectivity index (χ4v) is 19.6. The number of nitrogens with zero attached hydrogens (tertiary/aromatic N) is 2. The summed E-state index contributed by atoms with van der Waals surface area (Å²) in [5, 5.41) is 10.5. The van der Waals surface area contributed by atoms with Crippen LogP contribution in [-0.4, -0.2) is 24.9 Å². The Morgan fingerprint density at radius 2 is 0.500 bits per heavy atom. The molecule has 0 fully saturated rings. The van der Waals surface area contributed by atoms with E-state index in [1.54, 1.807) is 0 Å². The third-order valence-corrected chi connectivity index (χ3v) is 22.0. The van der Waals surface area contributed by atoms with Crippen LogP contribution in [0.5, 0.6) is 0 Å². The zero-order valence-corrected chi connectivity index (χ0v) is 36.3. The first-order chi connectivity index (χ1) is 30.8. The van der Waals surface area contributed by atoms with Gasteiger partial charge in [0, 0.05) is 45.3 Å². The Bertz CT molecular complexity index is 2860. The summed E-state index contributed by atoms with van der Waals surface area (Å²) in [4.78, 5) is 0. The van der Waals surface area contributed by atoms with E-state index in [1.165, 1.54) is 75.2 Å². The minimum Gasteiger partial charge on any atom is -0.361 e. The van der Waals surface area contributed by atoms with Crippen LogP contribution in [-0.2, 0) is 0 Å². The maximum absolute atomic E-state index is 2.89. The lowest BCUT2D eigenvalue weighted by atomic mass is 9.98. The lowest BCUT2D eigenvalue weighted by Gasteiger charge is -2.35. The molecule has 4 heteroatoms. The van der Waals surface area contributed by atoms with E-state index in [0.29, 0.717) is 0 Å². The zero-order valence-electron chi connectivity index (χ0n) is 34.3. The summed E-state index contributed by atoms with van der Waals surface area (Å²) >= 11 is 0. The van der Waals surface area contributed by atoms with Crippen molar-refractivity contribution in [3.63, 3.8) is 0 Å². The van der Waals surface area contributed by atoms with Gasteiger partial charge in [0.05, 0.1) is 0 Å². The van der Waals surface area contributed by atoms with Gasteiger partial charge in [-0.1, -0.05) is 237 Å². The van der Waals surface area contributed by atoms with E-state index in [4.69, 9.17) is 0 Å². The van der Waals surface area contributed by atoms with Crippen molar-refractivity contribution in [1.82, 2.24) is 8.47 Å². The fourth-order valence-electron chi connectivity index (χ4n) is 10.1. The van der Waals surface area contributed by atoms with Gasteiger partial charge in [-0.3, -0.25) is 0 Å². The second-order valence-electron chi connectivity index (χ2n) is 16.1. The molecule has 62 heavy (non-hydrogen) atoms. The SMILES string of the molecule is c1ccc([Si](c2ccccc2)(c2ccccc2)n2cc(-c3cccc(-c4cn([Si](c5ccccc5)(c5ccccc5)c5ccccc5)c5ccccc45)c3)c3ccccc32)cc1. The van der Waals surface area contributed by atoms with Crippen molar-refractivity contribution in [2.24, 2.45) is 0 Å². The fraction of sp³-hybridized carbons (Fsp3) is 0. The quantitative estimate of drug-likeness (QED) is 0.0961. The molecular formula is C58H44N2Si2. The Morgan fingerprint density at radius 1 is 0.242 bits per heavy atom. The van der Waals surface area contributed by atoms with Gasteiger partial charge < -0.3 is 8.47 Å². The number of aromatic nitrogens is 2. The van der Waals surface area contributed by atoms with Crippen molar-refractivity contribution in [2.45, 2.75) is 0 Å². The number of hydrogen-bond acceptors (Lipinski definition) is 0. The summed E-state index contributed by atoms with van der Waals surface area (Å²) in [5.74, 6) is 0. The molecule has 11 rings (SSSR count). The summed E-state index contributed by atoms with van der Waals surface area (Å²) < 4.78 is 5.32. The van der Waals surface area contributed by atoms with Gasteiger partial charge in [0.25, 0.3) is 16.5 Å². The van der Waals surface area contributed by atoms with Crippen molar-refractivity contribution in [1.29, 1.82) is 0 Å². The van der Waals surface area contributed by atoms with E-state index in [9.17, 15) is 0 Å². The van der Waals surface area contributed by atoms with Gasteiger partial charge in [0.15, 0.2) is 0 Å². The first-order valence-corrected chi connectivity index (χ1v) is 25.3. The van der Waals surface area contributed by atoms with E-state index in [1.807, 2.05) is 0 Å². The highest BCUT2D eigenvalue weighted by Crippen LogP contribution is 2.38. The van der Waals surface area contributed by atoms with Gasteiger partial charge in [-0.2, -0.15) is 0 Å². The number of hydrogen-bond donors (Lipinski definition) is 0. The van der Waals surface area contributed by atoms with Gasteiger partial charge in [-0.15, -0.1) is 0 Å². The summed E-state index contributed by atoms with van der Waals surface area (Å²) in [6.45, 7) is 0. The van der Waals surface area contributed by atoms with Gasteiger partial charge in [0.1, 0.15) is 0 Å². The lowest BCUT2D eigenvalue weighted by Crippen LogP contribution is -2.72. The van der Waals surface area contributed by atoms with E-state index < -0.39 is 16.5 Å². The van der Waals surface area contributed by atoms with Crippen LogP contribution >= 0.6 is 0 Å². The molecule has 9 aromatic carbocycles. The Kier molecular flexibility index (Phi) is 9.57. The molecule has 2 heterocycles. The van der Waals surface area contributed by atoms with Crippen LogP contribution in [0, 0.1) is 0 Å². The van der Waals surface area contributed by atoms with Crippen LogP contribution in [0.1, 0.15) is 0 Å². The van der Waals surface area contributed by atoms with Gasteiger partial charge in [-0.05, 0) is 60.4 Å². The Balaban J connectivity index is 1.16. The molecule has 0 saturated carbocycles. The first-order valence-electron chi connectivity index (χ1n) is 21.4. The molecule has 0 aliphatic carbocycles. The molecule has 0 amide bonds. The molecule has 0 aliphatic heterocycles. The molecule has 0 saturated heterocycles. The van der Waals surface area contributed by atoms with E-state index >= 15 is 0 Å². The summed E-state index contributed by atoms with van der Waals surface area (Å²) in [7, 11) is -5.77. The summed E-state index contributed by atoms with van der Waals surface area (Å²) in [5.41, 5.74) is 7.32. The second-order valence-corrected chi connectivity index (χ2v) is 23.3. The highest BCUT2D eigenvalue weighted by Gasteiger charge is 2.45. The minimum atomic E-state index is -2.89. The van der Waals surface area contributed by atoms with Crippen LogP contribution in [0.4, 0.5) is 0 Å². The largest absolute Gasteiger partial charge is 0.361 e. The predicted octanol–water partition coefficient (Wildman–Crippen LogP) is 9.96. The Morgan fingerprint density at radius 3 is 0.790 bits per heavy atom. The van der Waals surface area contributed by atoms with Crippen molar-refractivity contribution in [3.05, 3.63) is 267 Å². The number of fused-ring (bicyclic) bond motifs is 2. The number of para-hydroxylation sites is 2. The van der Waals surface area contributed by atoms with Crippen LogP contribution in [0.3, 0.4) is 0 Å². The first kappa shape index (κ1) is 37.5. The standard InChI is InChI=1S/C58H44N2Si2/c1-7-26-47(27-8-1)61(48-28-9-2-10-29-48,49-30-11-3-12-31-49)59-43-55(53-38-19-21-40-57(53)59)45-24-23-25-46(42-45)56-44-60(58-41-22-20-39-54(56)58)62(50-32-13-4-14-33-50,51-34-15-5-16-35-51)52-36-17-6-18-37-52/h1-44H. The van der Waals surface area contributed by atoms with Crippen LogP contribution in [0.15, 0.2) is 267 Å². The third kappa shape index (κ3) is 5.99. The highest BCUT2D eigenvalue weighted by molar-refractivity contribution is 7.11. The zero-order chi connectivity index (χ0) is 41.4. The maximum Gasteiger partial charge on any atom is 0.257 e. The normalized spacial score (nSPS) is 11.9. The van der Waals surface area contributed by atoms with Gasteiger partial charge in [0.2, 0.25) is 0 Å². The van der Waals surface area contributed by atoms with Crippen LogP contribution in [0.25, 0.3) is 44.1 Å². The van der Waals surface area contributed by atoms with Gasteiger partial charge >= 0.3 is 0 Å². The minimum absolute atomic E-state index is 1.20. The van der Waals surface area contributed by atoms with Crippen molar-refractivity contribution in [2.75, 3.05) is 0 Å². The summed E-state index contributed by atoms with van der Waals surface area (Å²) in [6.07, 6.45) is 4.93. The van der Waals surface area contributed by atoms with Crippen LogP contribution in [0.2, 0.25) is 0 Å². The molecule has 0 aliphatic rings. The Labute approximate surface area is 365 Å².